The highest BCUT2D eigenvalue weighted by molar-refractivity contribution is 7.90. The molecule has 3 aromatic carbocycles. The monoisotopic (exact) mass is 893 g/mol. The molecule has 3 fully saturated rings. The van der Waals surface area contributed by atoms with Crippen molar-refractivity contribution in [2.45, 2.75) is 69.2 Å². The number of nitrogens with one attached hydrogen (secondary N) is 3. The number of pyridine rings is 1. The molecule has 0 atom stereocenters. The Kier molecular flexibility index (Phi) is 11.7. The van der Waals surface area contributed by atoms with E-state index in [1.54, 1.807) is 24.4 Å². The molecular formula is C47H52ClN7O7S. The summed E-state index contributed by atoms with van der Waals surface area (Å²) in [5, 5.41) is 16.8. The number of allylic oxidation sites excluding steroid dienone is 1. The maximum atomic E-state index is 14.0. The summed E-state index contributed by atoms with van der Waals surface area (Å²) >= 11 is 6.28. The van der Waals surface area contributed by atoms with Crippen molar-refractivity contribution >= 4 is 61.2 Å². The molecule has 2 saturated heterocycles. The van der Waals surface area contributed by atoms with Crippen LogP contribution in [0, 0.1) is 21.4 Å². The molecule has 5 aromatic rings. The first-order chi connectivity index (χ1) is 30.2. The van der Waals surface area contributed by atoms with Crippen LogP contribution in [0.25, 0.3) is 16.6 Å². The van der Waals surface area contributed by atoms with E-state index in [9.17, 15) is 23.3 Å². The Bertz CT molecular complexity index is 2690. The van der Waals surface area contributed by atoms with Crippen molar-refractivity contribution in [1.82, 2.24) is 19.6 Å². The fraction of sp³-hybridized carbons (Fsp3) is 0.404. The van der Waals surface area contributed by atoms with Crippen molar-refractivity contribution in [3.63, 3.8) is 0 Å². The van der Waals surface area contributed by atoms with E-state index in [2.05, 4.69) is 55.8 Å². The zero-order chi connectivity index (χ0) is 43.9. The SMILES string of the molecule is CC1(C)CCC(CN2CCN(c3ccc(C(=O)NS(=O)(=O)c4ccc(NCC5CCOCC5)c([N+](=O)[O-])c4)c(Oc4cnc5[nH]ccc5c4)c3)CC23CC3)=C(c2ccc(Cl)cc2)C1. The minimum Gasteiger partial charge on any atom is -0.455 e. The summed E-state index contributed by atoms with van der Waals surface area (Å²) in [6.45, 7) is 9.73. The molecule has 1 spiro atoms. The highest BCUT2D eigenvalue weighted by Crippen LogP contribution is 2.49. The predicted octanol–water partition coefficient (Wildman–Crippen LogP) is 9.19. The second kappa shape index (κ2) is 17.2. The number of carbonyl (C=O) groups excluding carboxylic acids is 1. The average molecular weight is 894 g/mol. The van der Waals surface area contributed by atoms with Gasteiger partial charge < -0.3 is 24.7 Å². The number of anilines is 2. The summed E-state index contributed by atoms with van der Waals surface area (Å²) in [5.41, 5.74) is 5.67. The normalized spacial score (nSPS) is 19.0. The first-order valence-electron chi connectivity index (χ1n) is 21.6. The number of aromatic amines is 1. The lowest BCUT2D eigenvalue weighted by Crippen LogP contribution is -2.55. The summed E-state index contributed by atoms with van der Waals surface area (Å²) in [7, 11) is -4.56. The number of halogens is 1. The lowest BCUT2D eigenvalue weighted by molar-refractivity contribution is -0.384. The van der Waals surface area contributed by atoms with Gasteiger partial charge in [-0.05, 0) is 116 Å². The number of fused-ring (bicyclic) bond motifs is 1. The van der Waals surface area contributed by atoms with E-state index >= 15 is 0 Å². The molecule has 2 aromatic heterocycles. The Morgan fingerprint density at radius 2 is 1.83 bits per heavy atom. The van der Waals surface area contributed by atoms with Crippen LogP contribution in [-0.4, -0.2) is 85.6 Å². The van der Waals surface area contributed by atoms with Gasteiger partial charge in [0.05, 0.1) is 21.6 Å². The number of rotatable bonds is 13. The molecule has 2 aliphatic carbocycles. The van der Waals surface area contributed by atoms with E-state index in [0.717, 1.165) is 93.3 Å². The molecule has 4 heterocycles. The Morgan fingerprint density at radius 1 is 1.03 bits per heavy atom. The number of nitro benzene ring substituents is 1. The lowest BCUT2D eigenvalue weighted by Gasteiger charge is -2.45. The zero-order valence-corrected chi connectivity index (χ0v) is 37.1. The van der Waals surface area contributed by atoms with Crippen LogP contribution in [0.4, 0.5) is 17.1 Å². The minimum absolute atomic E-state index is 0.0101. The van der Waals surface area contributed by atoms with Crippen LogP contribution in [0.3, 0.4) is 0 Å². The number of amides is 1. The molecule has 16 heteroatoms. The Balaban J connectivity index is 0.959. The predicted molar refractivity (Wildman–Crippen MR) is 244 cm³/mol. The van der Waals surface area contributed by atoms with Gasteiger partial charge in [0.15, 0.2) is 0 Å². The second-order valence-corrected chi connectivity index (χ2v) is 20.3. The number of ether oxygens (including phenoxy) is 2. The van der Waals surface area contributed by atoms with Crippen molar-refractivity contribution in [3.05, 3.63) is 117 Å². The minimum atomic E-state index is -4.56. The number of hydrogen-bond acceptors (Lipinski definition) is 11. The highest BCUT2D eigenvalue weighted by atomic mass is 35.5. The van der Waals surface area contributed by atoms with Crippen LogP contribution in [0.5, 0.6) is 11.5 Å². The van der Waals surface area contributed by atoms with Crippen LogP contribution in [-0.2, 0) is 14.8 Å². The van der Waals surface area contributed by atoms with Gasteiger partial charge in [-0.25, -0.2) is 18.1 Å². The summed E-state index contributed by atoms with van der Waals surface area (Å²) in [6.07, 6.45) is 10.3. The van der Waals surface area contributed by atoms with Crippen LogP contribution in [0.15, 0.2) is 95.7 Å². The fourth-order valence-corrected chi connectivity index (χ4v) is 10.4. The smallest absolute Gasteiger partial charge is 0.293 e. The van der Waals surface area contributed by atoms with Crippen LogP contribution in [0.1, 0.15) is 74.7 Å². The fourth-order valence-electron chi connectivity index (χ4n) is 9.30. The van der Waals surface area contributed by atoms with Crippen LogP contribution >= 0.6 is 11.6 Å². The maximum absolute atomic E-state index is 14.0. The number of benzene rings is 3. The van der Waals surface area contributed by atoms with Crippen molar-refractivity contribution in [2.24, 2.45) is 11.3 Å². The van der Waals surface area contributed by atoms with E-state index in [4.69, 9.17) is 21.1 Å². The number of piperazine rings is 1. The number of nitro groups is 1. The first-order valence-corrected chi connectivity index (χ1v) is 23.5. The molecular weight excluding hydrogens is 842 g/mol. The maximum Gasteiger partial charge on any atom is 0.293 e. The van der Waals surface area contributed by atoms with Crippen molar-refractivity contribution in [1.29, 1.82) is 0 Å². The number of nitrogens with zero attached hydrogens (tertiary/aromatic N) is 4. The van der Waals surface area contributed by atoms with Gasteiger partial charge >= 0.3 is 0 Å². The molecule has 9 rings (SSSR count). The van der Waals surface area contributed by atoms with Gasteiger partial charge in [0, 0.05) is 85.9 Å². The van der Waals surface area contributed by atoms with Gasteiger partial charge in [0.1, 0.15) is 22.8 Å². The third-order valence-electron chi connectivity index (χ3n) is 13.2. The van der Waals surface area contributed by atoms with Gasteiger partial charge in [0.2, 0.25) is 0 Å². The topological polar surface area (TPSA) is 172 Å². The van der Waals surface area contributed by atoms with Crippen LogP contribution < -0.4 is 19.7 Å². The average Bonchev–Trinajstić information content (AvgIpc) is 3.87. The second-order valence-electron chi connectivity index (χ2n) is 18.2. The third kappa shape index (κ3) is 9.42. The summed E-state index contributed by atoms with van der Waals surface area (Å²) in [4.78, 5) is 37.6. The summed E-state index contributed by atoms with van der Waals surface area (Å²) in [5.74, 6) is -0.165. The molecule has 63 heavy (non-hydrogen) atoms. The molecule has 1 amide bonds. The number of carbonyl (C=O) groups is 1. The molecule has 14 nitrogen and oxygen atoms in total. The van der Waals surface area contributed by atoms with E-state index in [1.807, 2.05) is 24.3 Å². The van der Waals surface area contributed by atoms with Gasteiger partial charge in [-0.15, -0.1) is 0 Å². The molecule has 2 aliphatic heterocycles. The third-order valence-corrected chi connectivity index (χ3v) is 14.8. The van der Waals surface area contributed by atoms with Crippen molar-refractivity contribution in [2.75, 3.05) is 56.2 Å². The molecule has 3 N–H and O–H groups in total. The van der Waals surface area contributed by atoms with Crippen molar-refractivity contribution in [3.8, 4) is 11.5 Å². The molecule has 0 bridgehead atoms. The summed E-state index contributed by atoms with van der Waals surface area (Å²) < 4.78 is 41.4. The lowest BCUT2D eigenvalue weighted by atomic mass is 9.72. The van der Waals surface area contributed by atoms with Gasteiger partial charge in [-0.3, -0.25) is 19.8 Å². The van der Waals surface area contributed by atoms with Gasteiger partial charge in [-0.1, -0.05) is 43.2 Å². The number of aromatic nitrogens is 2. The van der Waals surface area contributed by atoms with Gasteiger partial charge in [0.25, 0.3) is 21.6 Å². The Hall–Kier alpha value is -5.48. The van der Waals surface area contributed by atoms with Crippen LogP contribution in [0.2, 0.25) is 5.02 Å². The molecule has 1 saturated carbocycles. The Morgan fingerprint density at radius 3 is 2.59 bits per heavy atom. The van der Waals surface area contributed by atoms with E-state index in [0.29, 0.717) is 31.2 Å². The largest absolute Gasteiger partial charge is 0.455 e. The summed E-state index contributed by atoms with van der Waals surface area (Å²) in [6, 6.07) is 20.7. The molecule has 0 radical (unpaired) electrons. The van der Waals surface area contributed by atoms with E-state index in [-0.39, 0.29) is 33.9 Å². The number of sulfonamides is 1. The zero-order valence-electron chi connectivity index (χ0n) is 35.5. The standard InChI is InChI=1S/C47H52ClN7O7S/c1-46(2)15-11-34(40(26-46)32-3-5-35(48)6-4-32)29-54-20-19-53(30-47(54)16-17-47)36-7-9-39(43(24-36)62-37-23-33-12-18-49-44(33)51-28-37)45(56)52-63(59,60)38-8-10-41(42(25-38)55(57)58)50-27-31-13-21-61-22-14-31/h3-10,12,18,23-25,28,31,50H,11,13-17,19-22,26-27,29-30H2,1-2H3,(H,49,51)(H,52,56). The number of H-pyrrole nitrogens is 1. The molecule has 4 aliphatic rings. The van der Waals surface area contributed by atoms with Gasteiger partial charge in [-0.2, -0.15) is 0 Å². The quantitative estimate of drug-likeness (QED) is 0.0760. The van der Waals surface area contributed by atoms with Crippen molar-refractivity contribution < 1.29 is 27.6 Å². The molecule has 0 unspecified atom stereocenters. The van der Waals surface area contributed by atoms with E-state index in [1.165, 1.54) is 35.0 Å². The first kappa shape index (κ1) is 42.8. The van der Waals surface area contributed by atoms with E-state index < -0.39 is 31.4 Å². The highest BCUT2D eigenvalue weighted by Gasteiger charge is 2.51. The molecule has 330 valence electrons. The Labute approximate surface area is 372 Å². The number of hydrogen-bond donors (Lipinski definition) is 3.